The first-order valence-electron chi connectivity index (χ1n) is 13.3. The van der Waals surface area contributed by atoms with Crippen LogP contribution in [-0.4, -0.2) is 71.3 Å². The van der Waals surface area contributed by atoms with E-state index < -0.39 is 73.5 Å². The number of esters is 1. The second kappa shape index (κ2) is 10.8. The van der Waals surface area contributed by atoms with Crippen LogP contribution in [0.15, 0.2) is 60.8 Å². The van der Waals surface area contributed by atoms with Crippen LogP contribution in [-0.2, 0) is 25.4 Å². The molecule has 0 unspecified atom stereocenters. The maximum absolute atomic E-state index is 15.9. The van der Waals surface area contributed by atoms with Crippen LogP contribution < -0.4 is 4.90 Å². The number of anilines is 1. The van der Waals surface area contributed by atoms with Crippen molar-refractivity contribution in [1.82, 2.24) is 9.88 Å². The summed E-state index contributed by atoms with van der Waals surface area (Å²) >= 11 is 6.76. The monoisotopic (exact) mass is 611 g/mol. The van der Waals surface area contributed by atoms with Crippen molar-refractivity contribution in [3.63, 3.8) is 0 Å². The Hall–Kier alpha value is -4.26. The number of amides is 3. The van der Waals surface area contributed by atoms with E-state index in [1.165, 1.54) is 30.5 Å². The van der Waals surface area contributed by atoms with Crippen molar-refractivity contribution in [3.8, 4) is 0 Å². The molecular formula is C30H24ClF2N3O7. The third-order valence-electron chi connectivity index (χ3n) is 7.33. The molecular weight excluding hydrogens is 588 g/mol. The lowest BCUT2D eigenvalue weighted by atomic mass is 10.0. The molecule has 3 aromatic rings. The fraction of sp³-hybridized carbons (Fsp3) is 0.300. The van der Waals surface area contributed by atoms with Crippen LogP contribution in [0.1, 0.15) is 55.7 Å². The molecule has 4 heterocycles. The van der Waals surface area contributed by atoms with Gasteiger partial charge in [-0.05, 0) is 30.2 Å². The average molecular weight is 612 g/mol. The van der Waals surface area contributed by atoms with Crippen molar-refractivity contribution in [2.24, 2.45) is 0 Å². The number of hydrogen-bond donors (Lipinski definition) is 0. The highest BCUT2D eigenvalue weighted by Gasteiger charge is 2.52. The number of rotatable bonds is 6. The number of alkyl halides is 2. The molecule has 1 saturated heterocycles. The quantitative estimate of drug-likeness (QED) is 0.300. The molecule has 0 saturated carbocycles. The highest BCUT2D eigenvalue weighted by atomic mass is 35.5. The summed E-state index contributed by atoms with van der Waals surface area (Å²) in [5.74, 6) is -9.25. The van der Waals surface area contributed by atoms with E-state index in [1.54, 1.807) is 19.1 Å². The summed E-state index contributed by atoms with van der Waals surface area (Å²) in [5.41, 5.74) is 0.342. The van der Waals surface area contributed by atoms with Crippen molar-refractivity contribution in [3.05, 3.63) is 93.8 Å². The van der Waals surface area contributed by atoms with Crippen LogP contribution >= 0.6 is 11.6 Å². The molecule has 3 aliphatic rings. The smallest absolute Gasteiger partial charge is 0.359 e. The summed E-state index contributed by atoms with van der Waals surface area (Å²) in [6, 6.07) is 14.9. The Kier molecular flexibility index (Phi) is 7.23. The number of benzene rings is 2. The lowest BCUT2D eigenvalue weighted by molar-refractivity contribution is -0.449. The summed E-state index contributed by atoms with van der Waals surface area (Å²) in [6.45, 7) is -1.61. The van der Waals surface area contributed by atoms with E-state index in [0.29, 0.717) is 15.4 Å². The fourth-order valence-corrected chi connectivity index (χ4v) is 5.73. The zero-order chi connectivity index (χ0) is 30.5. The zero-order valence-corrected chi connectivity index (χ0v) is 23.5. The summed E-state index contributed by atoms with van der Waals surface area (Å²) in [7, 11) is 0. The molecule has 222 valence electrons. The minimum absolute atomic E-state index is 0.00311. The molecule has 3 aliphatic heterocycles. The Balaban J connectivity index is 1.38. The highest BCUT2D eigenvalue weighted by molar-refractivity contribution is 6.35. The summed E-state index contributed by atoms with van der Waals surface area (Å²) in [6.07, 6.45) is 0.224. The SMILES string of the molecule is CC1OC2(COC(=O)c3ncc(Cc4ccccc4)c(Cl)c3N(CC(F)(F)CN3C(=O)c4ccccc4C3=O)C(=O)C2)O1. The number of fused-ring (bicyclic) bond motifs is 2. The molecule has 0 aliphatic carbocycles. The van der Waals surface area contributed by atoms with Gasteiger partial charge in [0.1, 0.15) is 6.61 Å². The Bertz CT molecular complexity index is 1610. The molecule has 3 amide bonds. The van der Waals surface area contributed by atoms with Crippen LogP contribution in [0, 0.1) is 0 Å². The molecule has 1 fully saturated rings. The average Bonchev–Trinajstić information content (AvgIpc) is 3.21. The standard InChI is InChI=1S/C30H24ClF2N3O7/c1-17-42-30(43-17)12-22(37)35(14-29(32,33)15-36-26(38)20-9-5-6-10-21(20)27(36)39)25-23(31)19(11-18-7-3-2-4-8-18)13-34-24(25)28(40)41-16-30/h2-10,13,17H,11-12,14-16H2,1H3. The number of pyridine rings is 1. The normalized spacial score (nSPS) is 22.0. The number of carbonyl (C=O) groups is 4. The van der Waals surface area contributed by atoms with Crippen molar-refractivity contribution in [2.45, 2.75) is 37.8 Å². The number of halogens is 3. The summed E-state index contributed by atoms with van der Waals surface area (Å²) < 4.78 is 48.2. The second-order valence-corrected chi connectivity index (χ2v) is 10.9. The molecule has 1 aromatic heterocycles. The molecule has 10 nitrogen and oxygen atoms in total. The van der Waals surface area contributed by atoms with Gasteiger partial charge in [0.2, 0.25) is 11.7 Å². The number of ether oxygens (including phenoxy) is 3. The number of hydrogen-bond acceptors (Lipinski definition) is 8. The van der Waals surface area contributed by atoms with Crippen LogP contribution in [0.25, 0.3) is 0 Å². The fourth-order valence-electron chi connectivity index (χ4n) is 5.42. The Morgan fingerprint density at radius 2 is 1.56 bits per heavy atom. The molecule has 43 heavy (non-hydrogen) atoms. The van der Waals surface area contributed by atoms with Gasteiger partial charge in [0.25, 0.3) is 17.7 Å². The summed E-state index contributed by atoms with van der Waals surface area (Å²) in [5, 5.41) is -0.157. The van der Waals surface area contributed by atoms with E-state index >= 15 is 8.78 Å². The lowest BCUT2D eigenvalue weighted by Gasteiger charge is -2.45. The predicted octanol–water partition coefficient (Wildman–Crippen LogP) is 4.24. The van der Waals surface area contributed by atoms with Gasteiger partial charge in [-0.3, -0.25) is 19.3 Å². The maximum atomic E-state index is 15.9. The number of nitrogens with zero attached hydrogens (tertiary/aromatic N) is 3. The highest BCUT2D eigenvalue weighted by Crippen LogP contribution is 2.40. The van der Waals surface area contributed by atoms with E-state index in [0.717, 1.165) is 5.56 Å². The van der Waals surface area contributed by atoms with Gasteiger partial charge in [0.15, 0.2) is 12.0 Å². The van der Waals surface area contributed by atoms with E-state index in [9.17, 15) is 19.2 Å². The minimum atomic E-state index is -3.85. The lowest BCUT2D eigenvalue weighted by Crippen LogP contribution is -2.58. The van der Waals surface area contributed by atoms with Crippen LogP contribution in [0.5, 0.6) is 0 Å². The number of carbonyl (C=O) groups excluding carboxylic acids is 4. The largest absolute Gasteiger partial charge is 0.455 e. The van der Waals surface area contributed by atoms with Crippen LogP contribution in [0.4, 0.5) is 14.5 Å². The molecule has 2 aromatic carbocycles. The molecule has 6 rings (SSSR count). The van der Waals surface area contributed by atoms with Gasteiger partial charge in [-0.25, -0.2) is 18.6 Å². The van der Waals surface area contributed by atoms with Crippen molar-refractivity contribution < 1.29 is 42.2 Å². The molecule has 0 radical (unpaired) electrons. The van der Waals surface area contributed by atoms with Gasteiger partial charge < -0.3 is 19.1 Å². The van der Waals surface area contributed by atoms with Gasteiger partial charge in [0.05, 0.1) is 41.3 Å². The predicted molar refractivity (Wildman–Crippen MR) is 147 cm³/mol. The van der Waals surface area contributed by atoms with Gasteiger partial charge in [0, 0.05) is 12.6 Å². The van der Waals surface area contributed by atoms with Crippen molar-refractivity contribution >= 4 is 41.0 Å². The molecule has 0 N–H and O–H groups in total. The van der Waals surface area contributed by atoms with E-state index in [1.807, 2.05) is 18.2 Å². The first-order valence-corrected chi connectivity index (χ1v) is 13.7. The Morgan fingerprint density at radius 1 is 0.953 bits per heavy atom. The first-order chi connectivity index (χ1) is 20.5. The summed E-state index contributed by atoms with van der Waals surface area (Å²) in [4.78, 5) is 57.9. The van der Waals surface area contributed by atoms with Gasteiger partial charge in [-0.15, -0.1) is 0 Å². The molecule has 0 bridgehead atoms. The van der Waals surface area contributed by atoms with E-state index in [2.05, 4.69) is 4.98 Å². The molecule has 0 atom stereocenters. The molecule has 1 spiro atoms. The number of imide groups is 1. The van der Waals surface area contributed by atoms with Gasteiger partial charge in [-0.2, -0.15) is 0 Å². The van der Waals surface area contributed by atoms with E-state index in [-0.39, 0.29) is 28.3 Å². The van der Waals surface area contributed by atoms with Crippen molar-refractivity contribution in [1.29, 1.82) is 0 Å². The van der Waals surface area contributed by atoms with Gasteiger partial charge >= 0.3 is 5.97 Å². The Labute approximate surface area is 249 Å². The van der Waals surface area contributed by atoms with Gasteiger partial charge in [-0.1, -0.05) is 54.1 Å². The maximum Gasteiger partial charge on any atom is 0.359 e. The minimum Gasteiger partial charge on any atom is -0.455 e. The number of cyclic esters (lactones) is 1. The third-order valence-corrected chi connectivity index (χ3v) is 7.75. The topological polar surface area (TPSA) is 115 Å². The van der Waals surface area contributed by atoms with Crippen molar-refractivity contribution in [2.75, 3.05) is 24.6 Å². The first kappa shape index (κ1) is 28.8. The second-order valence-electron chi connectivity index (χ2n) is 10.5. The Morgan fingerprint density at radius 3 is 2.19 bits per heavy atom. The van der Waals surface area contributed by atoms with Crippen LogP contribution in [0.2, 0.25) is 5.02 Å². The van der Waals surface area contributed by atoms with Crippen LogP contribution in [0.3, 0.4) is 0 Å². The molecule has 13 heteroatoms. The number of aromatic nitrogens is 1. The third kappa shape index (κ3) is 5.37. The van der Waals surface area contributed by atoms with E-state index in [4.69, 9.17) is 25.8 Å². The zero-order valence-electron chi connectivity index (χ0n) is 22.7.